The van der Waals surface area contributed by atoms with Gasteiger partial charge in [-0.2, -0.15) is 0 Å². The van der Waals surface area contributed by atoms with E-state index in [1.165, 1.54) is 12.1 Å². The fourth-order valence-electron chi connectivity index (χ4n) is 2.89. The van der Waals surface area contributed by atoms with Crippen LogP contribution in [-0.4, -0.2) is 36.0 Å². The molecule has 0 N–H and O–H groups in total. The number of ether oxygens (including phenoxy) is 2. The number of amides is 1. The van der Waals surface area contributed by atoms with E-state index < -0.39 is 5.97 Å². The molecular formula is C23H24FNO4. The Balaban J connectivity index is 1.51. The second-order valence-corrected chi connectivity index (χ2v) is 6.79. The molecule has 0 bridgehead atoms. The van der Waals surface area contributed by atoms with Crippen LogP contribution in [0.15, 0.2) is 54.6 Å². The van der Waals surface area contributed by atoms with Crippen LogP contribution < -0.4 is 4.74 Å². The molecule has 0 unspecified atom stereocenters. The van der Waals surface area contributed by atoms with Crippen molar-refractivity contribution in [3.05, 3.63) is 71.6 Å². The largest absolute Gasteiger partial charge is 0.494 e. The average molecular weight is 397 g/mol. The van der Waals surface area contributed by atoms with Gasteiger partial charge in [-0.25, -0.2) is 9.18 Å². The predicted octanol–water partition coefficient (Wildman–Crippen LogP) is 3.97. The molecule has 5 nitrogen and oxygen atoms in total. The highest BCUT2D eigenvalue weighted by molar-refractivity contribution is 5.89. The number of rotatable bonds is 9. The average Bonchev–Trinajstić information content (AvgIpc) is 3.56. The van der Waals surface area contributed by atoms with Crippen molar-refractivity contribution in [3.8, 4) is 5.75 Å². The van der Waals surface area contributed by atoms with Crippen LogP contribution in [0.1, 0.15) is 30.9 Å². The van der Waals surface area contributed by atoms with Gasteiger partial charge in [0.25, 0.3) is 5.91 Å². The Morgan fingerprint density at radius 1 is 1.14 bits per heavy atom. The number of carbonyl (C=O) groups excluding carboxylic acids is 2. The van der Waals surface area contributed by atoms with E-state index in [9.17, 15) is 14.0 Å². The molecular weight excluding hydrogens is 373 g/mol. The molecule has 1 amide bonds. The fraction of sp³-hybridized carbons (Fsp3) is 0.304. The Labute approximate surface area is 169 Å². The maximum Gasteiger partial charge on any atom is 0.331 e. The van der Waals surface area contributed by atoms with Gasteiger partial charge in [-0.05, 0) is 49.6 Å². The van der Waals surface area contributed by atoms with Gasteiger partial charge in [-0.15, -0.1) is 0 Å². The maximum absolute atomic E-state index is 13.9. The molecule has 2 aromatic carbocycles. The van der Waals surface area contributed by atoms with Gasteiger partial charge in [0.2, 0.25) is 0 Å². The van der Waals surface area contributed by atoms with Gasteiger partial charge >= 0.3 is 5.97 Å². The van der Waals surface area contributed by atoms with E-state index in [-0.39, 0.29) is 30.9 Å². The first-order valence-corrected chi connectivity index (χ1v) is 9.67. The summed E-state index contributed by atoms with van der Waals surface area (Å²) in [6, 6.07) is 13.7. The molecule has 1 fully saturated rings. The Bertz CT molecular complexity index is 875. The van der Waals surface area contributed by atoms with Crippen molar-refractivity contribution in [1.29, 1.82) is 0 Å². The van der Waals surface area contributed by atoms with E-state index in [2.05, 4.69) is 0 Å². The number of halogens is 1. The van der Waals surface area contributed by atoms with Crippen molar-refractivity contribution in [2.24, 2.45) is 0 Å². The van der Waals surface area contributed by atoms with Crippen molar-refractivity contribution < 1.29 is 23.5 Å². The summed E-state index contributed by atoms with van der Waals surface area (Å²) in [6.45, 7) is 2.31. The molecule has 3 rings (SSSR count). The lowest BCUT2D eigenvalue weighted by Gasteiger charge is -2.22. The number of hydrogen-bond donors (Lipinski definition) is 0. The van der Waals surface area contributed by atoms with Crippen molar-refractivity contribution in [3.63, 3.8) is 0 Å². The van der Waals surface area contributed by atoms with Gasteiger partial charge in [0.05, 0.1) is 6.61 Å². The Morgan fingerprint density at radius 2 is 1.86 bits per heavy atom. The molecule has 0 aromatic heterocycles. The van der Waals surface area contributed by atoms with E-state index in [0.29, 0.717) is 12.2 Å². The summed E-state index contributed by atoms with van der Waals surface area (Å²) in [4.78, 5) is 26.0. The minimum Gasteiger partial charge on any atom is -0.494 e. The molecule has 1 aliphatic rings. The third kappa shape index (κ3) is 6.17. The first-order chi connectivity index (χ1) is 14.1. The molecule has 0 aliphatic heterocycles. The Kier molecular flexibility index (Phi) is 7.00. The number of hydrogen-bond acceptors (Lipinski definition) is 4. The molecule has 1 aliphatic carbocycles. The molecule has 1 saturated carbocycles. The highest BCUT2D eigenvalue weighted by atomic mass is 19.1. The highest BCUT2D eigenvalue weighted by Gasteiger charge is 2.33. The minimum atomic E-state index is -0.603. The number of esters is 1. The SMILES string of the molecule is CCOc1ccc(/C=C/C(=O)OCC(=O)N(Cc2ccccc2F)C2CC2)cc1. The third-order valence-electron chi connectivity index (χ3n) is 4.55. The summed E-state index contributed by atoms with van der Waals surface area (Å²) in [6.07, 6.45) is 4.65. The van der Waals surface area contributed by atoms with Gasteiger partial charge in [0.1, 0.15) is 11.6 Å². The third-order valence-corrected chi connectivity index (χ3v) is 4.55. The van der Waals surface area contributed by atoms with Gasteiger partial charge in [-0.1, -0.05) is 30.3 Å². The normalized spacial score (nSPS) is 13.3. The molecule has 0 radical (unpaired) electrons. The molecule has 6 heteroatoms. The van der Waals surface area contributed by atoms with Crippen molar-refractivity contribution >= 4 is 18.0 Å². The van der Waals surface area contributed by atoms with Crippen molar-refractivity contribution in [1.82, 2.24) is 4.90 Å². The van der Waals surface area contributed by atoms with Crippen molar-refractivity contribution in [2.75, 3.05) is 13.2 Å². The standard InChI is InChI=1S/C23H24FNO4/c1-2-28-20-12-7-17(8-13-20)9-14-23(27)29-16-22(26)25(19-10-11-19)15-18-5-3-4-6-21(18)24/h3-9,12-14,19H,2,10-11,15-16H2,1H3/b14-9+. The van der Waals surface area contributed by atoms with Crippen LogP contribution in [0.25, 0.3) is 6.08 Å². The first-order valence-electron chi connectivity index (χ1n) is 9.67. The van der Waals surface area contributed by atoms with Crippen LogP contribution in [0.4, 0.5) is 4.39 Å². The molecule has 0 spiro atoms. The molecule has 152 valence electrons. The van der Waals surface area contributed by atoms with E-state index in [1.807, 2.05) is 31.2 Å². The van der Waals surface area contributed by atoms with Crippen LogP contribution in [0.3, 0.4) is 0 Å². The van der Waals surface area contributed by atoms with Gasteiger partial charge < -0.3 is 14.4 Å². The number of carbonyl (C=O) groups is 2. The Hall–Kier alpha value is -3.15. The number of benzene rings is 2. The highest BCUT2D eigenvalue weighted by Crippen LogP contribution is 2.29. The summed E-state index contributed by atoms with van der Waals surface area (Å²) in [5, 5.41) is 0. The summed E-state index contributed by atoms with van der Waals surface area (Å²) in [7, 11) is 0. The monoisotopic (exact) mass is 397 g/mol. The van der Waals surface area contributed by atoms with Gasteiger partial charge in [0, 0.05) is 24.2 Å². The zero-order valence-electron chi connectivity index (χ0n) is 16.3. The predicted molar refractivity (Wildman–Crippen MR) is 108 cm³/mol. The summed E-state index contributed by atoms with van der Waals surface area (Å²) in [5.74, 6) is -0.512. The second kappa shape index (κ2) is 9.87. The molecule has 2 aromatic rings. The fourth-order valence-corrected chi connectivity index (χ4v) is 2.89. The zero-order valence-corrected chi connectivity index (χ0v) is 16.3. The molecule has 0 saturated heterocycles. The zero-order chi connectivity index (χ0) is 20.6. The lowest BCUT2D eigenvalue weighted by atomic mass is 10.2. The maximum atomic E-state index is 13.9. The smallest absolute Gasteiger partial charge is 0.331 e. The quantitative estimate of drug-likeness (QED) is 0.475. The molecule has 29 heavy (non-hydrogen) atoms. The first kappa shape index (κ1) is 20.6. The van der Waals surface area contributed by atoms with E-state index >= 15 is 0 Å². The molecule has 0 heterocycles. The van der Waals surface area contributed by atoms with E-state index in [1.54, 1.807) is 29.2 Å². The second-order valence-electron chi connectivity index (χ2n) is 6.79. The summed E-state index contributed by atoms with van der Waals surface area (Å²) in [5.41, 5.74) is 1.27. The lowest BCUT2D eigenvalue weighted by molar-refractivity contribution is -0.148. The van der Waals surface area contributed by atoms with Gasteiger partial charge in [0.15, 0.2) is 6.61 Å². The Morgan fingerprint density at radius 3 is 2.52 bits per heavy atom. The topological polar surface area (TPSA) is 55.8 Å². The summed E-state index contributed by atoms with van der Waals surface area (Å²) < 4.78 is 24.3. The lowest BCUT2D eigenvalue weighted by Crippen LogP contribution is -2.36. The number of nitrogens with zero attached hydrogens (tertiary/aromatic N) is 1. The van der Waals surface area contributed by atoms with Crippen LogP contribution in [0.5, 0.6) is 5.75 Å². The van der Waals surface area contributed by atoms with Crippen LogP contribution in [0.2, 0.25) is 0 Å². The van der Waals surface area contributed by atoms with E-state index in [0.717, 1.165) is 24.2 Å². The van der Waals surface area contributed by atoms with Crippen LogP contribution in [0, 0.1) is 5.82 Å². The van der Waals surface area contributed by atoms with Crippen molar-refractivity contribution in [2.45, 2.75) is 32.4 Å². The van der Waals surface area contributed by atoms with Gasteiger partial charge in [-0.3, -0.25) is 4.79 Å². The van der Waals surface area contributed by atoms with Crippen LogP contribution >= 0.6 is 0 Å². The van der Waals surface area contributed by atoms with Crippen LogP contribution in [-0.2, 0) is 20.9 Å². The van der Waals surface area contributed by atoms with E-state index in [4.69, 9.17) is 9.47 Å². The molecule has 0 atom stereocenters. The summed E-state index contributed by atoms with van der Waals surface area (Å²) >= 11 is 0. The minimum absolute atomic E-state index is 0.0835.